The van der Waals surface area contributed by atoms with E-state index < -0.39 is 0 Å². The van der Waals surface area contributed by atoms with Crippen molar-refractivity contribution in [2.45, 2.75) is 51.7 Å². The average molecular weight is 240 g/mol. The molecule has 0 amide bonds. The Balaban J connectivity index is 2.27. The van der Waals surface area contributed by atoms with Crippen LogP contribution in [-0.2, 0) is 16.9 Å². The second kappa shape index (κ2) is 4.43. The number of rotatable bonds is 5. The molecule has 1 aromatic rings. The fourth-order valence-corrected chi connectivity index (χ4v) is 2.95. The lowest BCUT2D eigenvalue weighted by atomic mass is 10.1. The summed E-state index contributed by atoms with van der Waals surface area (Å²) in [5.74, 6) is 0.668. The van der Waals surface area contributed by atoms with E-state index in [2.05, 4.69) is 13.8 Å². The summed E-state index contributed by atoms with van der Waals surface area (Å²) in [6.07, 6.45) is 2.54. The Bertz CT molecular complexity index is 369. The number of ether oxygens (including phenoxy) is 1. The Morgan fingerprint density at radius 1 is 1.50 bits per heavy atom. The molecule has 0 spiro atoms. The standard InChI is InChI=1S/C12H20N2OS/c1-4-15-12(2,3)11-14-10(8-5-6-8)9(7-13)16-11/h8H,4-7,13H2,1-3H3. The fraction of sp³-hybridized carbons (Fsp3) is 0.750. The van der Waals surface area contributed by atoms with Crippen LogP contribution in [0.4, 0.5) is 0 Å². The number of aromatic nitrogens is 1. The van der Waals surface area contributed by atoms with Gasteiger partial charge in [-0.2, -0.15) is 0 Å². The van der Waals surface area contributed by atoms with Gasteiger partial charge in [0.15, 0.2) is 0 Å². The molecule has 1 heterocycles. The van der Waals surface area contributed by atoms with Gasteiger partial charge in [-0.1, -0.05) is 0 Å². The highest BCUT2D eigenvalue weighted by atomic mass is 32.1. The maximum absolute atomic E-state index is 5.78. The molecule has 0 saturated heterocycles. The van der Waals surface area contributed by atoms with Crippen LogP contribution in [0.2, 0.25) is 0 Å². The van der Waals surface area contributed by atoms with Gasteiger partial charge in [-0.05, 0) is 33.6 Å². The molecule has 0 unspecified atom stereocenters. The lowest BCUT2D eigenvalue weighted by Crippen LogP contribution is -2.21. The number of nitrogens with two attached hydrogens (primary N) is 1. The van der Waals surface area contributed by atoms with Crippen molar-refractivity contribution >= 4 is 11.3 Å². The van der Waals surface area contributed by atoms with Gasteiger partial charge in [-0.15, -0.1) is 11.3 Å². The molecule has 1 aromatic heterocycles. The van der Waals surface area contributed by atoms with Crippen molar-refractivity contribution in [2.24, 2.45) is 5.73 Å². The van der Waals surface area contributed by atoms with Crippen LogP contribution in [0.3, 0.4) is 0 Å². The molecule has 0 radical (unpaired) electrons. The van der Waals surface area contributed by atoms with Crippen LogP contribution in [0, 0.1) is 0 Å². The van der Waals surface area contributed by atoms with E-state index >= 15 is 0 Å². The smallest absolute Gasteiger partial charge is 0.125 e. The molecule has 2 N–H and O–H groups in total. The molecule has 1 aliphatic carbocycles. The SMILES string of the molecule is CCOC(C)(C)c1nc(C2CC2)c(CN)s1. The van der Waals surface area contributed by atoms with E-state index in [0.29, 0.717) is 19.1 Å². The molecule has 0 atom stereocenters. The second-order valence-electron chi connectivity index (χ2n) is 4.75. The first-order valence-corrected chi connectivity index (χ1v) is 6.74. The van der Waals surface area contributed by atoms with Crippen LogP contribution >= 0.6 is 11.3 Å². The summed E-state index contributed by atoms with van der Waals surface area (Å²) in [7, 11) is 0. The summed E-state index contributed by atoms with van der Waals surface area (Å²) in [5, 5.41) is 1.07. The van der Waals surface area contributed by atoms with E-state index in [9.17, 15) is 0 Å². The lowest BCUT2D eigenvalue weighted by Gasteiger charge is -2.21. The predicted molar refractivity (Wildman–Crippen MR) is 66.6 cm³/mol. The summed E-state index contributed by atoms with van der Waals surface area (Å²) < 4.78 is 5.74. The van der Waals surface area contributed by atoms with Gasteiger partial charge < -0.3 is 10.5 Å². The zero-order chi connectivity index (χ0) is 11.8. The van der Waals surface area contributed by atoms with Crippen molar-refractivity contribution in [3.63, 3.8) is 0 Å². The van der Waals surface area contributed by atoms with E-state index in [1.807, 2.05) is 6.92 Å². The minimum Gasteiger partial charge on any atom is -0.369 e. The van der Waals surface area contributed by atoms with Crippen molar-refractivity contribution in [2.75, 3.05) is 6.61 Å². The first-order valence-electron chi connectivity index (χ1n) is 5.92. The topological polar surface area (TPSA) is 48.1 Å². The normalized spacial score (nSPS) is 16.8. The van der Waals surface area contributed by atoms with Gasteiger partial charge in [0.05, 0.1) is 5.69 Å². The third-order valence-corrected chi connectivity index (χ3v) is 4.30. The predicted octanol–water partition coefficient (Wildman–Crippen LogP) is 2.75. The Morgan fingerprint density at radius 3 is 2.69 bits per heavy atom. The summed E-state index contributed by atoms with van der Waals surface area (Å²) in [4.78, 5) is 5.99. The molecule has 0 aromatic carbocycles. The van der Waals surface area contributed by atoms with Gasteiger partial charge in [-0.3, -0.25) is 0 Å². The monoisotopic (exact) mass is 240 g/mol. The number of hydrogen-bond donors (Lipinski definition) is 1. The molecule has 4 heteroatoms. The van der Waals surface area contributed by atoms with Gasteiger partial charge in [0, 0.05) is 23.9 Å². The second-order valence-corrected chi connectivity index (χ2v) is 5.83. The average Bonchev–Trinajstić information content (AvgIpc) is 2.97. The first kappa shape index (κ1) is 12.0. The molecule has 1 saturated carbocycles. The Labute approximate surface area is 101 Å². The van der Waals surface area contributed by atoms with Crippen LogP contribution in [0.25, 0.3) is 0 Å². The quantitative estimate of drug-likeness (QED) is 0.861. The summed E-state index contributed by atoms with van der Waals surface area (Å²) >= 11 is 1.71. The Morgan fingerprint density at radius 2 is 2.19 bits per heavy atom. The molecule has 90 valence electrons. The van der Waals surface area contributed by atoms with E-state index in [1.165, 1.54) is 23.4 Å². The number of hydrogen-bond acceptors (Lipinski definition) is 4. The molecule has 1 aliphatic rings. The lowest BCUT2D eigenvalue weighted by molar-refractivity contribution is -0.0142. The van der Waals surface area contributed by atoms with Gasteiger partial charge in [0.1, 0.15) is 10.6 Å². The van der Waals surface area contributed by atoms with Gasteiger partial charge >= 0.3 is 0 Å². The highest BCUT2D eigenvalue weighted by Gasteiger charge is 2.33. The third-order valence-electron chi connectivity index (χ3n) is 2.90. The van der Waals surface area contributed by atoms with Crippen molar-refractivity contribution in [3.8, 4) is 0 Å². The van der Waals surface area contributed by atoms with Crippen LogP contribution in [0.5, 0.6) is 0 Å². The zero-order valence-electron chi connectivity index (χ0n) is 10.2. The Hall–Kier alpha value is -0.450. The van der Waals surface area contributed by atoms with Gasteiger partial charge in [0.2, 0.25) is 0 Å². The van der Waals surface area contributed by atoms with Crippen LogP contribution in [-0.4, -0.2) is 11.6 Å². The van der Waals surface area contributed by atoms with Crippen LogP contribution in [0.1, 0.15) is 55.1 Å². The minimum atomic E-state index is -0.281. The number of thiazole rings is 1. The van der Waals surface area contributed by atoms with E-state index in [-0.39, 0.29) is 5.60 Å². The van der Waals surface area contributed by atoms with E-state index in [1.54, 1.807) is 11.3 Å². The molecular formula is C12H20N2OS. The fourth-order valence-electron chi connectivity index (χ4n) is 1.87. The largest absolute Gasteiger partial charge is 0.369 e. The molecular weight excluding hydrogens is 220 g/mol. The zero-order valence-corrected chi connectivity index (χ0v) is 11.1. The molecule has 1 fully saturated rings. The van der Waals surface area contributed by atoms with Gasteiger partial charge in [-0.25, -0.2) is 4.98 Å². The maximum atomic E-state index is 5.78. The summed E-state index contributed by atoms with van der Waals surface area (Å²) in [6.45, 7) is 7.48. The molecule has 0 aliphatic heterocycles. The van der Waals surface area contributed by atoms with Crippen molar-refractivity contribution < 1.29 is 4.74 Å². The van der Waals surface area contributed by atoms with E-state index in [4.69, 9.17) is 15.5 Å². The molecule has 16 heavy (non-hydrogen) atoms. The molecule has 3 nitrogen and oxygen atoms in total. The van der Waals surface area contributed by atoms with Crippen molar-refractivity contribution in [3.05, 3.63) is 15.6 Å². The Kier molecular flexibility index (Phi) is 3.33. The molecule has 0 bridgehead atoms. The summed E-state index contributed by atoms with van der Waals surface area (Å²) in [6, 6.07) is 0. The van der Waals surface area contributed by atoms with Crippen LogP contribution < -0.4 is 5.73 Å². The first-order chi connectivity index (χ1) is 7.58. The van der Waals surface area contributed by atoms with Crippen molar-refractivity contribution in [1.82, 2.24) is 4.98 Å². The van der Waals surface area contributed by atoms with Crippen molar-refractivity contribution in [1.29, 1.82) is 0 Å². The maximum Gasteiger partial charge on any atom is 0.125 e. The highest BCUT2D eigenvalue weighted by molar-refractivity contribution is 7.11. The highest BCUT2D eigenvalue weighted by Crippen LogP contribution is 2.44. The number of nitrogens with zero attached hydrogens (tertiary/aromatic N) is 1. The molecule has 2 rings (SSSR count). The van der Waals surface area contributed by atoms with Gasteiger partial charge in [0.25, 0.3) is 0 Å². The third kappa shape index (κ3) is 2.29. The van der Waals surface area contributed by atoms with Crippen LogP contribution in [0.15, 0.2) is 0 Å². The van der Waals surface area contributed by atoms with E-state index in [0.717, 1.165) is 5.01 Å². The minimum absolute atomic E-state index is 0.281. The summed E-state index contributed by atoms with van der Waals surface area (Å²) in [5.41, 5.74) is 6.73.